The molecule has 0 atom stereocenters. The number of hydrogen-bond donors (Lipinski definition) is 1. The van der Waals surface area contributed by atoms with E-state index >= 15 is 0 Å². The number of benzene rings is 1. The minimum absolute atomic E-state index is 0.250. The number of likely N-dealkylation sites (tertiary alicyclic amines) is 1. The highest BCUT2D eigenvalue weighted by atomic mass is 16.5. The van der Waals surface area contributed by atoms with E-state index in [1.54, 1.807) is 17.9 Å². The smallest absolute Gasteiger partial charge is 0.323 e. The van der Waals surface area contributed by atoms with Crippen molar-refractivity contribution in [3.63, 3.8) is 0 Å². The zero-order valence-corrected chi connectivity index (χ0v) is 14.3. The minimum atomic E-state index is -0.711. The lowest BCUT2D eigenvalue weighted by atomic mass is 9.73. The summed E-state index contributed by atoms with van der Waals surface area (Å²) in [6.45, 7) is 2.66. The number of nitrogens with zero attached hydrogens (tertiary/aromatic N) is 2. The number of carbonyl (C=O) groups excluding carboxylic acids is 2. The summed E-state index contributed by atoms with van der Waals surface area (Å²) in [5.74, 6) is 0.754. The standard InChI is InChI=1S/C18H21N3O4/c1-13-12-15(20-25-13)19-17(23)21-10-8-18(9-11-21,16(22)24-2)14-6-4-3-5-7-14/h3-7,12H,8-11H2,1-2H3,(H,19,20,23). The Balaban J connectivity index is 1.71. The molecule has 0 saturated carbocycles. The fourth-order valence-corrected chi connectivity index (χ4v) is 3.27. The molecule has 132 valence electrons. The molecule has 3 rings (SSSR count). The van der Waals surface area contributed by atoms with Crippen LogP contribution in [0.5, 0.6) is 0 Å². The van der Waals surface area contributed by atoms with Crippen molar-refractivity contribution in [1.29, 1.82) is 0 Å². The van der Waals surface area contributed by atoms with Gasteiger partial charge in [-0.1, -0.05) is 35.5 Å². The number of nitrogens with one attached hydrogen (secondary N) is 1. The van der Waals surface area contributed by atoms with Crippen LogP contribution in [0.2, 0.25) is 0 Å². The number of aryl methyl sites for hydroxylation is 1. The molecule has 1 saturated heterocycles. The second-order valence-corrected chi connectivity index (χ2v) is 6.18. The molecule has 1 aliphatic rings. The maximum atomic E-state index is 12.5. The van der Waals surface area contributed by atoms with Crippen LogP contribution in [0.25, 0.3) is 0 Å². The maximum absolute atomic E-state index is 12.5. The molecule has 0 aliphatic carbocycles. The van der Waals surface area contributed by atoms with Gasteiger partial charge in [0.2, 0.25) is 0 Å². The third-order valence-corrected chi connectivity index (χ3v) is 4.67. The molecule has 0 spiro atoms. The molecule has 1 aromatic heterocycles. The Morgan fingerprint density at radius 2 is 1.92 bits per heavy atom. The molecule has 2 aromatic rings. The third kappa shape index (κ3) is 3.35. The van der Waals surface area contributed by atoms with Crippen molar-refractivity contribution in [3.8, 4) is 0 Å². The Morgan fingerprint density at radius 3 is 2.48 bits per heavy atom. The van der Waals surface area contributed by atoms with Crippen LogP contribution in [0, 0.1) is 6.92 Å². The Hall–Kier alpha value is -2.83. The fourth-order valence-electron chi connectivity index (χ4n) is 3.27. The second kappa shape index (κ2) is 6.96. The van der Waals surface area contributed by atoms with Crippen molar-refractivity contribution >= 4 is 17.8 Å². The van der Waals surface area contributed by atoms with Crippen molar-refractivity contribution in [2.75, 3.05) is 25.5 Å². The highest BCUT2D eigenvalue weighted by Crippen LogP contribution is 2.36. The molecular formula is C18H21N3O4. The van der Waals surface area contributed by atoms with Crippen LogP contribution < -0.4 is 5.32 Å². The first kappa shape index (κ1) is 17.0. The van der Waals surface area contributed by atoms with E-state index in [4.69, 9.17) is 9.26 Å². The van der Waals surface area contributed by atoms with E-state index in [1.165, 1.54) is 7.11 Å². The van der Waals surface area contributed by atoms with E-state index in [1.807, 2.05) is 30.3 Å². The first-order valence-electron chi connectivity index (χ1n) is 8.18. The zero-order valence-electron chi connectivity index (χ0n) is 14.3. The normalized spacial score (nSPS) is 16.3. The van der Waals surface area contributed by atoms with Gasteiger partial charge in [0, 0.05) is 19.2 Å². The lowest BCUT2D eigenvalue weighted by molar-refractivity contribution is -0.149. The number of piperidine rings is 1. The average Bonchev–Trinajstić information content (AvgIpc) is 3.06. The summed E-state index contributed by atoms with van der Waals surface area (Å²) in [6.07, 6.45) is 1.02. The summed E-state index contributed by atoms with van der Waals surface area (Å²) in [7, 11) is 1.40. The Kier molecular flexibility index (Phi) is 4.74. The molecule has 2 amide bonds. The van der Waals surface area contributed by atoms with Gasteiger partial charge in [-0.25, -0.2) is 4.79 Å². The van der Waals surface area contributed by atoms with Crippen LogP contribution in [0.4, 0.5) is 10.6 Å². The number of methoxy groups -OCH3 is 1. The fraction of sp³-hybridized carbons (Fsp3) is 0.389. The number of carbonyl (C=O) groups is 2. The van der Waals surface area contributed by atoms with Crippen molar-refractivity contribution in [1.82, 2.24) is 10.1 Å². The molecule has 2 heterocycles. The predicted molar refractivity (Wildman–Crippen MR) is 91.2 cm³/mol. The van der Waals surface area contributed by atoms with Crippen LogP contribution in [-0.2, 0) is 14.9 Å². The molecule has 0 bridgehead atoms. The SMILES string of the molecule is COC(=O)C1(c2ccccc2)CCN(C(=O)Nc2cc(C)on2)CC1. The van der Waals surface area contributed by atoms with Crippen LogP contribution >= 0.6 is 0 Å². The number of urea groups is 1. The molecular weight excluding hydrogens is 322 g/mol. The van der Waals surface area contributed by atoms with E-state index in [-0.39, 0.29) is 12.0 Å². The number of amides is 2. The molecule has 7 heteroatoms. The molecule has 7 nitrogen and oxygen atoms in total. The summed E-state index contributed by atoms with van der Waals surface area (Å²) >= 11 is 0. The van der Waals surface area contributed by atoms with Crippen molar-refractivity contribution in [2.24, 2.45) is 0 Å². The van der Waals surface area contributed by atoms with Crippen LogP contribution in [-0.4, -0.2) is 42.3 Å². The number of hydrogen-bond acceptors (Lipinski definition) is 5. The summed E-state index contributed by atoms with van der Waals surface area (Å²) in [5.41, 5.74) is 0.214. The topological polar surface area (TPSA) is 84.7 Å². The van der Waals surface area contributed by atoms with Gasteiger partial charge in [0.1, 0.15) is 5.76 Å². The summed E-state index contributed by atoms with van der Waals surface area (Å²) in [5, 5.41) is 6.47. The minimum Gasteiger partial charge on any atom is -0.468 e. The van der Waals surface area contributed by atoms with Gasteiger partial charge in [-0.15, -0.1) is 0 Å². The summed E-state index contributed by atoms with van der Waals surface area (Å²) < 4.78 is 10.0. The van der Waals surface area contributed by atoms with E-state index in [0.29, 0.717) is 37.5 Å². The average molecular weight is 343 g/mol. The highest BCUT2D eigenvalue weighted by molar-refractivity contribution is 5.89. The van der Waals surface area contributed by atoms with E-state index in [2.05, 4.69) is 10.5 Å². The van der Waals surface area contributed by atoms with Crippen LogP contribution in [0.15, 0.2) is 40.9 Å². The van der Waals surface area contributed by atoms with Crippen molar-refractivity contribution in [3.05, 3.63) is 47.7 Å². The zero-order chi connectivity index (χ0) is 17.9. The number of esters is 1. The van der Waals surface area contributed by atoms with Gasteiger partial charge in [-0.3, -0.25) is 10.1 Å². The molecule has 0 unspecified atom stereocenters. The van der Waals surface area contributed by atoms with Crippen molar-refractivity contribution in [2.45, 2.75) is 25.2 Å². The number of rotatable bonds is 3. The number of aromatic nitrogens is 1. The monoisotopic (exact) mass is 343 g/mol. The highest BCUT2D eigenvalue weighted by Gasteiger charge is 2.44. The van der Waals surface area contributed by atoms with Gasteiger partial charge >= 0.3 is 12.0 Å². The largest absolute Gasteiger partial charge is 0.468 e. The predicted octanol–water partition coefficient (Wildman–Crippen LogP) is 2.72. The van der Waals surface area contributed by atoms with Gasteiger partial charge in [0.15, 0.2) is 5.82 Å². The molecule has 0 radical (unpaired) electrons. The number of anilines is 1. The molecule has 1 aromatic carbocycles. The summed E-state index contributed by atoms with van der Waals surface area (Å²) in [4.78, 5) is 26.6. The van der Waals surface area contributed by atoms with Gasteiger partial charge in [0.05, 0.1) is 12.5 Å². The van der Waals surface area contributed by atoms with E-state index in [9.17, 15) is 9.59 Å². The summed E-state index contributed by atoms with van der Waals surface area (Å²) in [6, 6.07) is 11.0. The molecule has 1 N–H and O–H groups in total. The lowest BCUT2D eigenvalue weighted by Crippen LogP contribution is -2.50. The first-order valence-corrected chi connectivity index (χ1v) is 8.18. The van der Waals surface area contributed by atoms with Gasteiger partial charge in [0.25, 0.3) is 0 Å². The van der Waals surface area contributed by atoms with E-state index < -0.39 is 5.41 Å². The first-order chi connectivity index (χ1) is 12.0. The Bertz CT molecular complexity index is 749. The van der Waals surface area contributed by atoms with Crippen LogP contribution in [0.1, 0.15) is 24.2 Å². The Labute approximate surface area is 145 Å². The third-order valence-electron chi connectivity index (χ3n) is 4.67. The van der Waals surface area contributed by atoms with Crippen LogP contribution in [0.3, 0.4) is 0 Å². The van der Waals surface area contributed by atoms with Crippen molar-refractivity contribution < 1.29 is 18.8 Å². The van der Waals surface area contributed by atoms with Gasteiger partial charge < -0.3 is 14.2 Å². The molecule has 1 aliphatic heterocycles. The molecule has 25 heavy (non-hydrogen) atoms. The maximum Gasteiger partial charge on any atom is 0.323 e. The van der Waals surface area contributed by atoms with Gasteiger partial charge in [-0.2, -0.15) is 0 Å². The quantitative estimate of drug-likeness (QED) is 0.866. The van der Waals surface area contributed by atoms with Gasteiger partial charge in [-0.05, 0) is 25.3 Å². The Morgan fingerprint density at radius 1 is 1.24 bits per heavy atom. The molecule has 1 fully saturated rings. The second-order valence-electron chi connectivity index (χ2n) is 6.18. The number of ether oxygens (including phenoxy) is 1. The van der Waals surface area contributed by atoms with E-state index in [0.717, 1.165) is 5.56 Å². The lowest BCUT2D eigenvalue weighted by Gasteiger charge is -2.39.